The van der Waals surface area contributed by atoms with Gasteiger partial charge in [0.1, 0.15) is 5.75 Å². The Labute approximate surface area is 151 Å². The zero-order valence-electron chi connectivity index (χ0n) is 13.9. The van der Waals surface area contributed by atoms with Crippen LogP contribution in [0, 0.1) is 0 Å². The summed E-state index contributed by atoms with van der Waals surface area (Å²) >= 11 is 3.48. The van der Waals surface area contributed by atoms with Gasteiger partial charge in [-0.15, -0.1) is 0 Å². The molecule has 2 atom stereocenters. The van der Waals surface area contributed by atoms with Crippen molar-refractivity contribution in [2.45, 2.75) is 24.9 Å². The average molecular weight is 388 g/mol. The summed E-state index contributed by atoms with van der Waals surface area (Å²) < 4.78 is 6.30. The van der Waals surface area contributed by atoms with Crippen molar-refractivity contribution >= 4 is 21.9 Å². The summed E-state index contributed by atoms with van der Waals surface area (Å²) in [7, 11) is 3.48. The largest absolute Gasteiger partial charge is 0.497 e. The van der Waals surface area contributed by atoms with E-state index in [0.717, 1.165) is 29.1 Å². The van der Waals surface area contributed by atoms with E-state index in [-0.39, 0.29) is 0 Å². The molecule has 0 spiro atoms. The highest BCUT2D eigenvalue weighted by Crippen LogP contribution is 2.40. The maximum atomic E-state index is 5.18. The van der Waals surface area contributed by atoms with Crippen molar-refractivity contribution < 1.29 is 4.74 Å². The first-order chi connectivity index (χ1) is 11.7. The van der Waals surface area contributed by atoms with Crippen LogP contribution in [-0.4, -0.2) is 26.2 Å². The first kappa shape index (κ1) is 16.8. The van der Waals surface area contributed by atoms with Crippen molar-refractivity contribution in [2.24, 2.45) is 4.99 Å². The average Bonchev–Trinajstić information content (AvgIpc) is 3.39. The topological polar surface area (TPSA) is 45.7 Å². The fraction of sp³-hybridized carbons (Fsp3) is 0.316. The molecule has 1 aliphatic rings. The number of hydrogen-bond donors (Lipinski definition) is 2. The van der Waals surface area contributed by atoms with E-state index < -0.39 is 0 Å². The highest BCUT2D eigenvalue weighted by atomic mass is 79.9. The number of methoxy groups -OCH3 is 1. The Morgan fingerprint density at radius 1 is 1.17 bits per heavy atom. The molecule has 0 saturated heterocycles. The van der Waals surface area contributed by atoms with E-state index in [9.17, 15) is 0 Å². The van der Waals surface area contributed by atoms with Crippen LogP contribution in [0.25, 0.3) is 0 Å². The summed E-state index contributed by atoms with van der Waals surface area (Å²) in [4.78, 5) is 4.32. The zero-order valence-corrected chi connectivity index (χ0v) is 15.5. The van der Waals surface area contributed by atoms with Gasteiger partial charge in [0, 0.05) is 30.0 Å². The monoisotopic (exact) mass is 387 g/mol. The SMILES string of the molecule is CN=C(NCc1ccc(OC)cc1)NC1CC1c1ccc(Br)cc1. The molecule has 0 aliphatic heterocycles. The molecule has 5 heteroatoms. The number of benzene rings is 2. The van der Waals surface area contributed by atoms with Crippen molar-refractivity contribution in [2.75, 3.05) is 14.2 Å². The predicted octanol–water partition coefficient (Wildman–Crippen LogP) is 3.68. The fourth-order valence-corrected chi connectivity index (χ4v) is 3.00. The quantitative estimate of drug-likeness (QED) is 0.607. The van der Waals surface area contributed by atoms with Crippen LogP contribution in [0.1, 0.15) is 23.5 Å². The van der Waals surface area contributed by atoms with Crippen LogP contribution in [0.2, 0.25) is 0 Å². The van der Waals surface area contributed by atoms with E-state index in [1.807, 2.05) is 12.1 Å². The summed E-state index contributed by atoms with van der Waals surface area (Å²) in [6, 6.07) is 17.1. The number of halogens is 1. The van der Waals surface area contributed by atoms with Crippen molar-refractivity contribution in [3.05, 3.63) is 64.1 Å². The van der Waals surface area contributed by atoms with Gasteiger partial charge < -0.3 is 15.4 Å². The van der Waals surface area contributed by atoms with Crippen molar-refractivity contribution in [3.8, 4) is 5.75 Å². The van der Waals surface area contributed by atoms with Crippen molar-refractivity contribution in [3.63, 3.8) is 0 Å². The van der Waals surface area contributed by atoms with E-state index in [4.69, 9.17) is 4.74 Å². The molecule has 0 aromatic heterocycles. The Morgan fingerprint density at radius 2 is 1.88 bits per heavy atom. The van der Waals surface area contributed by atoms with Gasteiger partial charge in [-0.25, -0.2) is 0 Å². The van der Waals surface area contributed by atoms with Crippen LogP contribution >= 0.6 is 15.9 Å². The number of hydrogen-bond acceptors (Lipinski definition) is 2. The first-order valence-electron chi connectivity index (χ1n) is 8.05. The molecule has 0 bridgehead atoms. The van der Waals surface area contributed by atoms with Gasteiger partial charge in [-0.05, 0) is 41.8 Å². The van der Waals surface area contributed by atoms with E-state index in [0.29, 0.717) is 12.0 Å². The molecule has 2 aromatic rings. The van der Waals surface area contributed by atoms with E-state index in [1.165, 1.54) is 11.1 Å². The maximum Gasteiger partial charge on any atom is 0.191 e. The third kappa shape index (κ3) is 4.29. The Morgan fingerprint density at radius 3 is 2.50 bits per heavy atom. The summed E-state index contributed by atoms with van der Waals surface area (Å²) in [6.07, 6.45) is 1.14. The second-order valence-electron chi connectivity index (χ2n) is 5.92. The van der Waals surface area contributed by atoms with Crippen LogP contribution in [0.15, 0.2) is 58.0 Å². The molecule has 126 valence electrons. The maximum absolute atomic E-state index is 5.18. The molecule has 0 radical (unpaired) electrons. The third-order valence-electron chi connectivity index (χ3n) is 4.25. The Hall–Kier alpha value is -2.01. The molecule has 0 amide bonds. The standard InChI is InChI=1S/C19H22BrN3O/c1-21-19(22-12-13-3-9-16(24-2)10-4-13)23-18-11-17(18)14-5-7-15(20)8-6-14/h3-10,17-18H,11-12H2,1-2H3,(H2,21,22,23). The second-order valence-corrected chi connectivity index (χ2v) is 6.83. The van der Waals surface area contributed by atoms with Gasteiger partial charge in [-0.1, -0.05) is 40.2 Å². The number of nitrogens with zero attached hydrogens (tertiary/aromatic N) is 1. The number of aliphatic imine (C=N–C) groups is 1. The van der Waals surface area contributed by atoms with Crippen LogP contribution in [-0.2, 0) is 6.54 Å². The van der Waals surface area contributed by atoms with E-state index >= 15 is 0 Å². The fourth-order valence-electron chi connectivity index (χ4n) is 2.73. The van der Waals surface area contributed by atoms with Gasteiger partial charge in [-0.3, -0.25) is 4.99 Å². The van der Waals surface area contributed by atoms with Gasteiger partial charge in [0.05, 0.1) is 7.11 Å². The highest BCUT2D eigenvalue weighted by Gasteiger charge is 2.38. The lowest BCUT2D eigenvalue weighted by molar-refractivity contribution is 0.414. The van der Waals surface area contributed by atoms with E-state index in [1.54, 1.807) is 14.2 Å². The molecular formula is C19H22BrN3O. The minimum atomic E-state index is 0.452. The summed E-state index contributed by atoms with van der Waals surface area (Å²) in [5.41, 5.74) is 2.57. The van der Waals surface area contributed by atoms with Crippen LogP contribution < -0.4 is 15.4 Å². The van der Waals surface area contributed by atoms with Gasteiger partial charge in [0.15, 0.2) is 5.96 Å². The normalized spacial score (nSPS) is 19.7. The Kier molecular flexibility index (Phi) is 5.41. The zero-order chi connectivity index (χ0) is 16.9. The molecule has 2 N–H and O–H groups in total. The molecule has 24 heavy (non-hydrogen) atoms. The lowest BCUT2D eigenvalue weighted by Gasteiger charge is -2.12. The Bertz CT molecular complexity index is 698. The molecule has 4 nitrogen and oxygen atoms in total. The van der Waals surface area contributed by atoms with E-state index in [2.05, 4.69) is 68.0 Å². The predicted molar refractivity (Wildman–Crippen MR) is 102 cm³/mol. The molecule has 2 unspecified atom stereocenters. The molecule has 1 aliphatic carbocycles. The minimum absolute atomic E-state index is 0.452. The third-order valence-corrected chi connectivity index (χ3v) is 4.78. The summed E-state index contributed by atoms with van der Waals surface area (Å²) in [5, 5.41) is 6.87. The van der Waals surface area contributed by atoms with Crippen LogP contribution in [0.3, 0.4) is 0 Å². The number of guanidine groups is 1. The second kappa shape index (κ2) is 7.71. The molecular weight excluding hydrogens is 366 g/mol. The van der Waals surface area contributed by atoms with Crippen molar-refractivity contribution in [1.29, 1.82) is 0 Å². The number of ether oxygens (including phenoxy) is 1. The first-order valence-corrected chi connectivity index (χ1v) is 8.84. The lowest BCUT2D eigenvalue weighted by atomic mass is 10.1. The van der Waals surface area contributed by atoms with Gasteiger partial charge in [0.25, 0.3) is 0 Å². The molecule has 1 fully saturated rings. The number of rotatable bonds is 5. The summed E-state index contributed by atoms with van der Waals surface area (Å²) in [6.45, 7) is 0.735. The molecule has 3 rings (SSSR count). The Balaban J connectivity index is 1.50. The van der Waals surface area contributed by atoms with Gasteiger partial charge in [-0.2, -0.15) is 0 Å². The molecule has 0 heterocycles. The summed E-state index contributed by atoms with van der Waals surface area (Å²) in [5.74, 6) is 2.28. The number of nitrogens with one attached hydrogen (secondary N) is 2. The van der Waals surface area contributed by atoms with Crippen molar-refractivity contribution in [1.82, 2.24) is 10.6 Å². The van der Waals surface area contributed by atoms with Crippen LogP contribution in [0.5, 0.6) is 5.75 Å². The van der Waals surface area contributed by atoms with Crippen LogP contribution in [0.4, 0.5) is 0 Å². The highest BCUT2D eigenvalue weighted by molar-refractivity contribution is 9.10. The smallest absolute Gasteiger partial charge is 0.191 e. The van der Waals surface area contributed by atoms with Gasteiger partial charge >= 0.3 is 0 Å². The minimum Gasteiger partial charge on any atom is -0.497 e. The lowest BCUT2D eigenvalue weighted by Crippen LogP contribution is -2.38. The molecule has 1 saturated carbocycles. The van der Waals surface area contributed by atoms with Gasteiger partial charge in [0.2, 0.25) is 0 Å². The molecule has 2 aromatic carbocycles.